The average molecular weight is 259 g/mol. The van der Waals surface area contributed by atoms with Crippen LogP contribution in [0.15, 0.2) is 6.07 Å². The van der Waals surface area contributed by atoms with E-state index in [2.05, 4.69) is 23.3 Å². The van der Waals surface area contributed by atoms with Crippen molar-refractivity contribution in [2.75, 3.05) is 11.9 Å². The lowest BCUT2D eigenvalue weighted by atomic mass is 9.94. The van der Waals surface area contributed by atoms with Crippen molar-refractivity contribution in [3.63, 3.8) is 0 Å². The lowest BCUT2D eigenvalue weighted by Crippen LogP contribution is -2.22. The van der Waals surface area contributed by atoms with E-state index in [9.17, 15) is 5.26 Å². The van der Waals surface area contributed by atoms with Gasteiger partial charge < -0.3 is 10.1 Å². The van der Waals surface area contributed by atoms with Gasteiger partial charge in [0.15, 0.2) is 0 Å². The molecule has 1 aromatic rings. The fourth-order valence-corrected chi connectivity index (χ4v) is 2.64. The Labute approximate surface area is 114 Å². The number of ether oxygens (including phenoxy) is 1. The molecule has 0 atom stereocenters. The minimum absolute atomic E-state index is 0.402. The molecule has 102 valence electrons. The number of rotatable bonds is 3. The van der Waals surface area contributed by atoms with Gasteiger partial charge >= 0.3 is 0 Å². The highest BCUT2D eigenvalue weighted by Gasteiger charge is 2.45. The maximum atomic E-state index is 9.28. The van der Waals surface area contributed by atoms with Crippen molar-refractivity contribution in [1.29, 1.82) is 5.26 Å². The molecule has 1 aliphatic rings. The van der Waals surface area contributed by atoms with Gasteiger partial charge in [0.25, 0.3) is 0 Å². The zero-order valence-corrected chi connectivity index (χ0v) is 12.3. The molecular weight excluding hydrogens is 238 g/mol. The van der Waals surface area contributed by atoms with Gasteiger partial charge in [-0.1, -0.05) is 6.92 Å². The summed E-state index contributed by atoms with van der Waals surface area (Å²) in [6.45, 7) is 11.0. The number of nitriles is 1. The smallest absolute Gasteiger partial charge is 0.144 e. The molecule has 1 aromatic heterocycles. The van der Waals surface area contributed by atoms with Crippen LogP contribution in [0, 0.1) is 11.3 Å². The van der Waals surface area contributed by atoms with E-state index < -0.39 is 11.2 Å². The molecule has 0 bridgehead atoms. The fourth-order valence-electron chi connectivity index (χ4n) is 2.64. The number of nitrogens with one attached hydrogen (secondary N) is 1. The number of aromatic nitrogens is 1. The van der Waals surface area contributed by atoms with Crippen molar-refractivity contribution >= 4 is 5.82 Å². The second-order valence-electron chi connectivity index (χ2n) is 5.94. The van der Waals surface area contributed by atoms with Crippen molar-refractivity contribution in [3.8, 4) is 6.07 Å². The molecule has 0 saturated heterocycles. The molecule has 1 aliphatic heterocycles. The van der Waals surface area contributed by atoms with Crippen LogP contribution in [0.5, 0.6) is 0 Å². The summed E-state index contributed by atoms with van der Waals surface area (Å²) in [4.78, 5) is 4.65. The van der Waals surface area contributed by atoms with E-state index in [4.69, 9.17) is 4.74 Å². The van der Waals surface area contributed by atoms with E-state index in [0.717, 1.165) is 24.2 Å². The Balaban J connectivity index is 2.56. The Hall–Kier alpha value is -1.60. The van der Waals surface area contributed by atoms with Crippen LogP contribution in [-0.2, 0) is 15.9 Å². The standard InChI is InChI=1S/C15H21N3O/c1-6-7-17-13-10(9-16)8-11-12(18-13)15(4,5)19-14(11,2)3/h8H,6-7H2,1-5H3,(H,17,18). The lowest BCUT2D eigenvalue weighted by molar-refractivity contribution is -0.106. The molecule has 1 N–H and O–H groups in total. The molecule has 0 aromatic carbocycles. The first-order chi connectivity index (χ1) is 8.81. The number of pyridine rings is 1. The largest absolute Gasteiger partial charge is 0.369 e. The predicted octanol–water partition coefficient (Wildman–Crippen LogP) is 3.28. The third kappa shape index (κ3) is 2.31. The van der Waals surface area contributed by atoms with Crippen LogP contribution in [0.1, 0.15) is 57.9 Å². The highest BCUT2D eigenvalue weighted by Crippen LogP contribution is 2.46. The molecule has 19 heavy (non-hydrogen) atoms. The highest BCUT2D eigenvalue weighted by molar-refractivity contribution is 5.56. The van der Waals surface area contributed by atoms with Crippen molar-refractivity contribution in [1.82, 2.24) is 4.98 Å². The first-order valence-corrected chi connectivity index (χ1v) is 6.72. The van der Waals surface area contributed by atoms with Gasteiger partial charge in [0, 0.05) is 12.1 Å². The van der Waals surface area contributed by atoms with E-state index >= 15 is 0 Å². The fraction of sp³-hybridized carbons (Fsp3) is 0.600. The Morgan fingerprint density at radius 3 is 2.58 bits per heavy atom. The normalized spacial score (nSPS) is 18.7. The van der Waals surface area contributed by atoms with Crippen LogP contribution in [0.25, 0.3) is 0 Å². The average Bonchev–Trinajstić information content (AvgIpc) is 2.51. The molecular formula is C15H21N3O. The molecule has 0 saturated carbocycles. The third-order valence-electron chi connectivity index (χ3n) is 3.41. The molecule has 2 heterocycles. The summed E-state index contributed by atoms with van der Waals surface area (Å²) in [5.41, 5.74) is 1.70. The van der Waals surface area contributed by atoms with E-state index in [1.807, 2.05) is 33.8 Å². The molecule has 0 fully saturated rings. The summed E-state index contributed by atoms with van der Waals surface area (Å²) in [6.07, 6.45) is 0.995. The van der Waals surface area contributed by atoms with E-state index in [-0.39, 0.29) is 0 Å². The monoisotopic (exact) mass is 259 g/mol. The summed E-state index contributed by atoms with van der Waals surface area (Å²) in [6, 6.07) is 4.13. The second kappa shape index (κ2) is 4.50. The van der Waals surface area contributed by atoms with E-state index in [0.29, 0.717) is 11.4 Å². The molecule has 2 rings (SSSR count). The Morgan fingerprint density at radius 2 is 2.00 bits per heavy atom. The molecule has 0 spiro atoms. The van der Waals surface area contributed by atoms with Crippen LogP contribution in [-0.4, -0.2) is 11.5 Å². The SMILES string of the molecule is CCCNc1nc2c(cc1C#N)C(C)(C)OC2(C)C. The number of anilines is 1. The van der Waals surface area contributed by atoms with Gasteiger partial charge in [-0.2, -0.15) is 5.26 Å². The topological polar surface area (TPSA) is 57.9 Å². The lowest BCUT2D eigenvalue weighted by Gasteiger charge is -2.24. The molecule has 0 aliphatic carbocycles. The van der Waals surface area contributed by atoms with Crippen LogP contribution < -0.4 is 5.32 Å². The Morgan fingerprint density at radius 1 is 1.32 bits per heavy atom. The Bertz CT molecular complexity index is 541. The van der Waals surface area contributed by atoms with Crippen LogP contribution in [0.4, 0.5) is 5.82 Å². The summed E-state index contributed by atoms with van der Waals surface area (Å²) < 4.78 is 6.07. The molecule has 4 heteroatoms. The maximum Gasteiger partial charge on any atom is 0.144 e. The van der Waals surface area contributed by atoms with Gasteiger partial charge in [-0.3, -0.25) is 0 Å². The van der Waals surface area contributed by atoms with Crippen molar-refractivity contribution in [2.45, 2.75) is 52.2 Å². The summed E-state index contributed by atoms with van der Waals surface area (Å²) in [5.74, 6) is 0.664. The zero-order valence-electron chi connectivity index (χ0n) is 12.3. The van der Waals surface area contributed by atoms with E-state index in [1.165, 1.54) is 0 Å². The van der Waals surface area contributed by atoms with Crippen molar-refractivity contribution in [3.05, 3.63) is 22.9 Å². The molecule has 0 amide bonds. The molecule has 0 unspecified atom stereocenters. The maximum absolute atomic E-state index is 9.28. The van der Waals surface area contributed by atoms with Crippen molar-refractivity contribution in [2.24, 2.45) is 0 Å². The number of nitrogens with zero attached hydrogens (tertiary/aromatic N) is 2. The molecule has 4 nitrogen and oxygen atoms in total. The van der Waals surface area contributed by atoms with Crippen LogP contribution >= 0.6 is 0 Å². The zero-order chi connectivity index (χ0) is 14.3. The minimum atomic E-state index is -0.421. The van der Waals surface area contributed by atoms with Crippen molar-refractivity contribution < 1.29 is 4.74 Å². The van der Waals surface area contributed by atoms with Gasteiger partial charge in [-0.25, -0.2) is 4.98 Å². The van der Waals surface area contributed by atoms with Gasteiger partial charge in [-0.15, -0.1) is 0 Å². The van der Waals surface area contributed by atoms with Gasteiger partial charge in [0.05, 0.1) is 16.9 Å². The predicted molar refractivity (Wildman–Crippen MR) is 74.9 cm³/mol. The summed E-state index contributed by atoms with van der Waals surface area (Å²) in [5, 5.41) is 12.5. The minimum Gasteiger partial charge on any atom is -0.369 e. The molecule has 0 radical (unpaired) electrons. The van der Waals surface area contributed by atoms with Gasteiger partial charge in [0.1, 0.15) is 17.5 Å². The summed E-state index contributed by atoms with van der Waals surface area (Å²) >= 11 is 0. The first-order valence-electron chi connectivity index (χ1n) is 6.72. The summed E-state index contributed by atoms with van der Waals surface area (Å²) in [7, 11) is 0. The quantitative estimate of drug-likeness (QED) is 0.905. The van der Waals surface area contributed by atoms with Crippen LogP contribution in [0.2, 0.25) is 0 Å². The number of hydrogen-bond donors (Lipinski definition) is 1. The first kappa shape index (κ1) is 13.8. The van der Waals surface area contributed by atoms with Crippen LogP contribution in [0.3, 0.4) is 0 Å². The number of hydrogen-bond acceptors (Lipinski definition) is 4. The van der Waals surface area contributed by atoms with E-state index in [1.54, 1.807) is 0 Å². The van der Waals surface area contributed by atoms with Gasteiger partial charge in [0.2, 0.25) is 0 Å². The van der Waals surface area contributed by atoms with Gasteiger partial charge in [-0.05, 0) is 40.2 Å². The Kier molecular flexibility index (Phi) is 3.27. The highest BCUT2D eigenvalue weighted by atomic mass is 16.5. The second-order valence-corrected chi connectivity index (χ2v) is 5.94. The number of fused-ring (bicyclic) bond motifs is 1. The third-order valence-corrected chi connectivity index (χ3v) is 3.41.